The molecule has 0 bridgehead atoms. The summed E-state index contributed by atoms with van der Waals surface area (Å²) in [6.45, 7) is 11.1. The molecule has 0 radical (unpaired) electrons. The first kappa shape index (κ1) is 31.4. The summed E-state index contributed by atoms with van der Waals surface area (Å²) in [7, 11) is 1.63. The number of carbonyl (C=O) groups excluding carboxylic acids is 1. The van der Waals surface area contributed by atoms with Crippen LogP contribution in [0.15, 0.2) is 99.9 Å². The minimum absolute atomic E-state index is 0.135. The molecule has 1 aliphatic rings. The molecule has 7 nitrogen and oxygen atoms in total. The van der Waals surface area contributed by atoms with Crippen LogP contribution in [0.2, 0.25) is 0 Å². The molecule has 1 amide bonds. The maximum Gasteiger partial charge on any atom is 0.271 e. The van der Waals surface area contributed by atoms with E-state index in [1.54, 1.807) is 16.6 Å². The molecule has 3 heterocycles. The third-order valence-electron chi connectivity index (χ3n) is 9.35. The molecule has 0 spiro atoms. The van der Waals surface area contributed by atoms with Crippen molar-refractivity contribution in [1.82, 2.24) is 14.5 Å². The Morgan fingerprint density at radius 2 is 1.71 bits per heavy atom. The minimum atomic E-state index is -0.737. The number of thiazole rings is 1. The second kappa shape index (κ2) is 12.4. The number of likely N-dealkylation sites (N-methyl/N-ethyl adjacent to an activating group) is 1. The average Bonchev–Trinajstić information content (AvgIpc) is 3.61. The van der Waals surface area contributed by atoms with Crippen molar-refractivity contribution >= 4 is 45.0 Å². The van der Waals surface area contributed by atoms with Gasteiger partial charge in [-0.3, -0.25) is 14.2 Å². The highest BCUT2D eigenvalue weighted by atomic mass is 32.1. The number of aryl methyl sites for hydroxylation is 2. The number of aromatic nitrogens is 2. The van der Waals surface area contributed by atoms with E-state index in [1.807, 2.05) is 81.4 Å². The summed E-state index contributed by atoms with van der Waals surface area (Å²) < 4.78 is 8.21. The molecule has 0 unspecified atom stereocenters. The molecule has 4 aromatic carbocycles. The van der Waals surface area contributed by atoms with Crippen molar-refractivity contribution in [2.24, 2.45) is 4.99 Å². The second-order valence-corrected chi connectivity index (χ2v) is 13.3. The lowest BCUT2D eigenvalue weighted by Crippen LogP contribution is -2.43. The monoisotopic (exact) mass is 654 g/mol. The van der Waals surface area contributed by atoms with E-state index < -0.39 is 6.04 Å². The lowest BCUT2D eigenvalue weighted by Gasteiger charge is -2.30. The fourth-order valence-electron chi connectivity index (χ4n) is 7.07. The van der Waals surface area contributed by atoms with Crippen LogP contribution in [0.5, 0.6) is 5.75 Å². The van der Waals surface area contributed by atoms with Gasteiger partial charge in [-0.2, -0.15) is 0 Å². The number of benzene rings is 4. The zero-order chi connectivity index (χ0) is 33.7. The molecule has 1 aliphatic heterocycles. The van der Waals surface area contributed by atoms with Crippen molar-refractivity contribution in [3.05, 3.63) is 132 Å². The Kier molecular flexibility index (Phi) is 8.13. The normalized spacial score (nSPS) is 14.8. The lowest BCUT2D eigenvalue weighted by atomic mass is 9.90. The van der Waals surface area contributed by atoms with Crippen molar-refractivity contribution in [1.29, 1.82) is 0 Å². The predicted molar refractivity (Wildman–Crippen MR) is 195 cm³/mol. The highest BCUT2D eigenvalue weighted by molar-refractivity contribution is 7.07. The number of aromatic amines is 1. The first-order valence-electron chi connectivity index (χ1n) is 16.3. The van der Waals surface area contributed by atoms with E-state index in [4.69, 9.17) is 9.73 Å². The van der Waals surface area contributed by atoms with Crippen LogP contribution in [0.25, 0.3) is 39.0 Å². The van der Waals surface area contributed by atoms with Crippen molar-refractivity contribution in [2.45, 2.75) is 40.7 Å². The Morgan fingerprint density at radius 1 is 0.979 bits per heavy atom. The molecule has 7 rings (SSSR count). The van der Waals surface area contributed by atoms with Gasteiger partial charge >= 0.3 is 0 Å². The molecule has 48 heavy (non-hydrogen) atoms. The molecule has 8 heteroatoms. The van der Waals surface area contributed by atoms with E-state index in [2.05, 4.69) is 43.1 Å². The molecule has 0 saturated heterocycles. The molecule has 6 aromatic rings. The number of H-pyrrole nitrogens is 1. The van der Waals surface area contributed by atoms with Gasteiger partial charge in [0.25, 0.3) is 11.5 Å². The summed E-state index contributed by atoms with van der Waals surface area (Å²) in [5, 5.41) is 2.97. The number of hydrogen-bond donors (Lipinski definition) is 1. The molecule has 1 N–H and O–H groups in total. The van der Waals surface area contributed by atoms with Gasteiger partial charge in [-0.05, 0) is 74.7 Å². The van der Waals surface area contributed by atoms with Crippen LogP contribution in [-0.2, 0) is 4.79 Å². The molecule has 0 saturated carbocycles. The number of carbonyl (C=O) groups is 1. The lowest BCUT2D eigenvalue weighted by molar-refractivity contribution is -0.127. The molecule has 2 aromatic heterocycles. The summed E-state index contributed by atoms with van der Waals surface area (Å²) >= 11 is 1.35. The highest BCUT2D eigenvalue weighted by Crippen LogP contribution is 2.41. The zero-order valence-electron chi connectivity index (χ0n) is 28.0. The third kappa shape index (κ3) is 5.08. The van der Waals surface area contributed by atoms with E-state index in [0.717, 1.165) is 55.2 Å². The van der Waals surface area contributed by atoms with E-state index in [0.29, 0.717) is 39.4 Å². The zero-order valence-corrected chi connectivity index (χ0v) is 28.9. The molecule has 0 fully saturated rings. The van der Waals surface area contributed by atoms with Crippen LogP contribution in [0, 0.1) is 13.8 Å². The average molecular weight is 655 g/mol. The predicted octanol–water partition coefficient (Wildman–Crippen LogP) is 7.03. The van der Waals surface area contributed by atoms with Crippen LogP contribution < -0.4 is 19.6 Å². The third-order valence-corrected chi connectivity index (χ3v) is 10.3. The maximum absolute atomic E-state index is 14.8. The molecule has 0 aliphatic carbocycles. The molecular formula is C40H38N4O3S. The Morgan fingerprint density at radius 3 is 2.44 bits per heavy atom. The number of fused-ring (bicyclic) bond motifs is 3. The Labute approximate surface area is 283 Å². The van der Waals surface area contributed by atoms with Gasteiger partial charge in [-0.1, -0.05) is 83.6 Å². The number of methoxy groups -OCH3 is 1. The van der Waals surface area contributed by atoms with Gasteiger partial charge in [-0.25, -0.2) is 4.99 Å². The number of rotatable bonds is 7. The first-order valence-corrected chi connectivity index (χ1v) is 17.1. The summed E-state index contributed by atoms with van der Waals surface area (Å²) in [6, 6.07) is 25.8. The largest absolute Gasteiger partial charge is 0.496 e. The number of allylic oxidation sites excluding steroid dienone is 1. The quantitative estimate of drug-likeness (QED) is 0.201. The number of hydrogen-bond acceptors (Lipinski definition) is 5. The standard InChI is InChI=1S/C40H38N4O3S/c1-7-43(8-2)39(46)33-25(5)41-40-44(37(33)34-28-17-13-12-14-26(28)18-19-31(34)47-6)38(45)32(48-40)22-30-29-21-23(3)20-24(4)35(29)42-36(30)27-15-10-9-11-16-27/h9-22,37,42H,7-8H2,1-6H3/b32-22+/t37-/m0/s1. The Balaban J connectivity index is 1.56. The van der Waals surface area contributed by atoms with E-state index in [9.17, 15) is 9.59 Å². The van der Waals surface area contributed by atoms with E-state index in [1.165, 1.54) is 11.3 Å². The number of nitrogens with zero attached hydrogens (tertiary/aromatic N) is 3. The SMILES string of the molecule is CCN(CC)C(=O)C1=C(C)N=c2s/c(=C/c3c(-c4ccccc4)[nH]c4c(C)cc(C)cc34)c(=O)n2[C@@H]1c1c(OC)ccc2ccccc12. The van der Waals surface area contributed by atoms with Crippen molar-refractivity contribution in [3.63, 3.8) is 0 Å². The van der Waals surface area contributed by atoms with Gasteiger partial charge in [0.2, 0.25) is 0 Å². The maximum atomic E-state index is 14.8. The summed E-state index contributed by atoms with van der Waals surface area (Å²) in [5.74, 6) is 0.478. The van der Waals surface area contributed by atoms with Gasteiger partial charge in [0.15, 0.2) is 4.80 Å². The number of amides is 1. The van der Waals surface area contributed by atoms with Crippen LogP contribution >= 0.6 is 11.3 Å². The highest BCUT2D eigenvalue weighted by Gasteiger charge is 2.36. The number of nitrogens with one attached hydrogen (secondary N) is 1. The van der Waals surface area contributed by atoms with Crippen molar-refractivity contribution < 1.29 is 9.53 Å². The first-order chi connectivity index (χ1) is 23.2. The van der Waals surface area contributed by atoms with E-state index >= 15 is 0 Å². The van der Waals surface area contributed by atoms with Gasteiger partial charge in [0.05, 0.1) is 28.6 Å². The summed E-state index contributed by atoms with van der Waals surface area (Å²) in [4.78, 5) is 40.1. The molecular weight excluding hydrogens is 617 g/mol. The van der Waals surface area contributed by atoms with E-state index in [-0.39, 0.29) is 11.5 Å². The second-order valence-electron chi connectivity index (χ2n) is 12.2. The molecule has 242 valence electrons. The van der Waals surface area contributed by atoms with Gasteiger partial charge in [-0.15, -0.1) is 0 Å². The topological polar surface area (TPSA) is 79.7 Å². The van der Waals surface area contributed by atoms with Gasteiger partial charge in [0, 0.05) is 35.1 Å². The van der Waals surface area contributed by atoms with Gasteiger partial charge < -0.3 is 14.6 Å². The Hall–Kier alpha value is -5.21. The van der Waals surface area contributed by atoms with Crippen LogP contribution in [0.3, 0.4) is 0 Å². The minimum Gasteiger partial charge on any atom is -0.496 e. The van der Waals surface area contributed by atoms with Gasteiger partial charge in [0.1, 0.15) is 11.8 Å². The van der Waals surface area contributed by atoms with Crippen molar-refractivity contribution in [3.8, 4) is 17.0 Å². The summed E-state index contributed by atoms with van der Waals surface area (Å²) in [6.07, 6.45) is 1.99. The van der Waals surface area contributed by atoms with Crippen LogP contribution in [-0.4, -0.2) is 40.6 Å². The van der Waals surface area contributed by atoms with Crippen molar-refractivity contribution in [2.75, 3.05) is 20.2 Å². The van der Waals surface area contributed by atoms with Crippen LogP contribution in [0.4, 0.5) is 0 Å². The fourth-order valence-corrected chi connectivity index (χ4v) is 8.10. The van der Waals surface area contributed by atoms with Crippen LogP contribution in [0.1, 0.15) is 49.1 Å². The smallest absolute Gasteiger partial charge is 0.271 e. The molecule has 1 atom stereocenters. The fraction of sp³-hybridized carbons (Fsp3) is 0.225. The summed E-state index contributed by atoms with van der Waals surface area (Å²) in [5.41, 5.74) is 7.91. The Bertz CT molecular complexity index is 2450. The number of ether oxygens (including phenoxy) is 1.